The lowest BCUT2D eigenvalue weighted by Crippen LogP contribution is -1.95. The number of hydrogen-bond donors (Lipinski definition) is 2. The summed E-state index contributed by atoms with van der Waals surface area (Å²) in [7, 11) is 0. The standard InChI is InChI=1S/C12H11NO4/c1-7-10(6-14)13-11(17-7)8-2-4-9(5-3-8)12(15)16/h2-5,14H,6H2,1H3,(H,15,16). The van der Waals surface area contributed by atoms with Crippen LogP contribution in [0.2, 0.25) is 0 Å². The maximum absolute atomic E-state index is 10.7. The van der Waals surface area contributed by atoms with Gasteiger partial charge in [0.05, 0.1) is 12.2 Å². The molecule has 2 aromatic rings. The number of carbonyl (C=O) groups is 1. The number of benzene rings is 1. The zero-order chi connectivity index (χ0) is 12.4. The zero-order valence-electron chi connectivity index (χ0n) is 9.17. The first-order valence-electron chi connectivity index (χ1n) is 5.02. The van der Waals surface area contributed by atoms with Gasteiger partial charge >= 0.3 is 5.97 Å². The average molecular weight is 233 g/mol. The van der Waals surface area contributed by atoms with E-state index in [9.17, 15) is 4.79 Å². The van der Waals surface area contributed by atoms with Gasteiger partial charge in [-0.15, -0.1) is 0 Å². The lowest BCUT2D eigenvalue weighted by Gasteiger charge is -1.96. The lowest BCUT2D eigenvalue weighted by molar-refractivity contribution is 0.0697. The Bertz CT molecular complexity index is 542. The first-order valence-corrected chi connectivity index (χ1v) is 5.02. The van der Waals surface area contributed by atoms with Crippen molar-refractivity contribution >= 4 is 5.97 Å². The highest BCUT2D eigenvalue weighted by atomic mass is 16.4. The summed E-state index contributed by atoms with van der Waals surface area (Å²) >= 11 is 0. The molecule has 0 aliphatic carbocycles. The minimum absolute atomic E-state index is 0.178. The first-order chi connectivity index (χ1) is 8.11. The van der Waals surface area contributed by atoms with Gasteiger partial charge in [0.25, 0.3) is 0 Å². The molecule has 1 aromatic carbocycles. The van der Waals surface area contributed by atoms with Gasteiger partial charge in [0, 0.05) is 5.56 Å². The van der Waals surface area contributed by atoms with Crippen LogP contribution in [0, 0.1) is 6.92 Å². The third-order valence-electron chi connectivity index (χ3n) is 2.42. The molecule has 2 rings (SSSR count). The monoisotopic (exact) mass is 233 g/mol. The molecule has 0 amide bonds. The van der Waals surface area contributed by atoms with Crippen molar-refractivity contribution in [1.29, 1.82) is 0 Å². The van der Waals surface area contributed by atoms with E-state index in [1.807, 2.05) is 0 Å². The quantitative estimate of drug-likeness (QED) is 0.845. The van der Waals surface area contributed by atoms with Crippen LogP contribution in [-0.4, -0.2) is 21.2 Å². The molecule has 0 saturated heterocycles. The molecule has 0 spiro atoms. The van der Waals surface area contributed by atoms with Crippen molar-refractivity contribution in [3.63, 3.8) is 0 Å². The summed E-state index contributed by atoms with van der Waals surface area (Å²) in [6.07, 6.45) is 0. The molecule has 17 heavy (non-hydrogen) atoms. The van der Waals surface area contributed by atoms with Gasteiger partial charge < -0.3 is 14.6 Å². The van der Waals surface area contributed by atoms with Crippen molar-refractivity contribution in [1.82, 2.24) is 4.98 Å². The molecule has 5 nitrogen and oxygen atoms in total. The second kappa shape index (κ2) is 4.39. The normalized spacial score (nSPS) is 10.5. The number of aliphatic hydroxyl groups is 1. The summed E-state index contributed by atoms with van der Waals surface area (Å²) in [6, 6.07) is 6.21. The SMILES string of the molecule is Cc1oc(-c2ccc(C(=O)O)cc2)nc1CO. The number of aromatic nitrogens is 1. The van der Waals surface area contributed by atoms with Crippen molar-refractivity contribution in [2.24, 2.45) is 0 Å². The molecule has 1 aromatic heterocycles. The number of aliphatic hydroxyl groups excluding tert-OH is 1. The molecule has 2 N–H and O–H groups in total. The van der Waals surface area contributed by atoms with E-state index < -0.39 is 5.97 Å². The number of carboxylic acids is 1. The highest BCUT2D eigenvalue weighted by Crippen LogP contribution is 2.22. The Labute approximate surface area is 97.3 Å². The van der Waals surface area contributed by atoms with Crippen LogP contribution in [0.15, 0.2) is 28.7 Å². The number of aromatic carboxylic acids is 1. The summed E-state index contributed by atoms with van der Waals surface area (Å²) in [5.74, 6) is -0.0375. The maximum Gasteiger partial charge on any atom is 0.335 e. The van der Waals surface area contributed by atoms with Crippen LogP contribution in [-0.2, 0) is 6.61 Å². The highest BCUT2D eigenvalue weighted by molar-refractivity contribution is 5.88. The number of rotatable bonds is 3. The Morgan fingerprint density at radius 3 is 2.47 bits per heavy atom. The number of hydrogen-bond acceptors (Lipinski definition) is 4. The molecular weight excluding hydrogens is 222 g/mol. The Hall–Kier alpha value is -2.14. The van der Waals surface area contributed by atoms with Gasteiger partial charge in [-0.05, 0) is 31.2 Å². The van der Waals surface area contributed by atoms with Gasteiger partial charge in [0.1, 0.15) is 11.5 Å². The Morgan fingerprint density at radius 2 is 2.00 bits per heavy atom. The van der Waals surface area contributed by atoms with E-state index in [2.05, 4.69) is 4.98 Å². The van der Waals surface area contributed by atoms with E-state index in [1.54, 1.807) is 19.1 Å². The van der Waals surface area contributed by atoms with Crippen molar-refractivity contribution < 1.29 is 19.4 Å². The predicted octanol–water partition coefficient (Wildman–Crippen LogP) is 1.84. The number of oxazole rings is 1. The second-order valence-electron chi connectivity index (χ2n) is 3.56. The summed E-state index contributed by atoms with van der Waals surface area (Å²) in [5, 5.41) is 17.8. The lowest BCUT2D eigenvalue weighted by atomic mass is 10.1. The fourth-order valence-corrected chi connectivity index (χ4v) is 1.45. The smallest absolute Gasteiger partial charge is 0.335 e. The molecule has 0 radical (unpaired) electrons. The van der Waals surface area contributed by atoms with Gasteiger partial charge in [-0.3, -0.25) is 0 Å². The van der Waals surface area contributed by atoms with Gasteiger partial charge in [-0.25, -0.2) is 9.78 Å². The molecule has 0 unspecified atom stereocenters. The first kappa shape index (κ1) is 11.3. The predicted molar refractivity (Wildman–Crippen MR) is 59.6 cm³/mol. The summed E-state index contributed by atoms with van der Waals surface area (Å²) in [5.41, 5.74) is 1.37. The Kier molecular flexibility index (Phi) is 2.93. The van der Waals surface area contributed by atoms with E-state index in [0.717, 1.165) is 0 Å². The average Bonchev–Trinajstić information content (AvgIpc) is 2.70. The van der Waals surface area contributed by atoms with Gasteiger partial charge in [-0.1, -0.05) is 0 Å². The van der Waals surface area contributed by atoms with E-state index in [1.165, 1.54) is 12.1 Å². The maximum atomic E-state index is 10.7. The van der Waals surface area contributed by atoms with Gasteiger partial charge in [0.15, 0.2) is 0 Å². The molecule has 0 saturated carbocycles. The third kappa shape index (κ3) is 2.19. The van der Waals surface area contributed by atoms with Crippen LogP contribution in [0.25, 0.3) is 11.5 Å². The van der Waals surface area contributed by atoms with Crippen molar-refractivity contribution in [3.05, 3.63) is 41.3 Å². The van der Waals surface area contributed by atoms with Crippen LogP contribution in [0.1, 0.15) is 21.8 Å². The van der Waals surface area contributed by atoms with Crippen molar-refractivity contribution in [2.45, 2.75) is 13.5 Å². The van der Waals surface area contributed by atoms with Crippen molar-refractivity contribution in [3.8, 4) is 11.5 Å². The fourth-order valence-electron chi connectivity index (χ4n) is 1.45. The molecule has 0 aliphatic heterocycles. The molecule has 5 heteroatoms. The van der Waals surface area contributed by atoms with Crippen LogP contribution in [0.4, 0.5) is 0 Å². The number of aryl methyl sites for hydroxylation is 1. The van der Waals surface area contributed by atoms with Gasteiger partial charge in [-0.2, -0.15) is 0 Å². The van der Waals surface area contributed by atoms with E-state index in [4.69, 9.17) is 14.6 Å². The summed E-state index contributed by atoms with van der Waals surface area (Å²) in [6.45, 7) is 1.54. The minimum Gasteiger partial charge on any atom is -0.478 e. The zero-order valence-corrected chi connectivity index (χ0v) is 9.17. The van der Waals surface area contributed by atoms with Crippen LogP contribution in [0.5, 0.6) is 0 Å². The van der Waals surface area contributed by atoms with E-state index in [-0.39, 0.29) is 12.2 Å². The number of carboxylic acid groups (broad SMARTS) is 1. The number of nitrogens with zero attached hydrogens (tertiary/aromatic N) is 1. The molecule has 0 atom stereocenters. The molecule has 1 heterocycles. The van der Waals surface area contributed by atoms with E-state index in [0.29, 0.717) is 22.9 Å². The summed E-state index contributed by atoms with van der Waals surface area (Å²) < 4.78 is 5.37. The Morgan fingerprint density at radius 1 is 1.35 bits per heavy atom. The van der Waals surface area contributed by atoms with Gasteiger partial charge in [0.2, 0.25) is 5.89 Å². The van der Waals surface area contributed by atoms with Crippen LogP contribution < -0.4 is 0 Å². The molecular formula is C12H11NO4. The fraction of sp³-hybridized carbons (Fsp3) is 0.167. The highest BCUT2D eigenvalue weighted by Gasteiger charge is 2.11. The Balaban J connectivity index is 2.36. The third-order valence-corrected chi connectivity index (χ3v) is 2.42. The largest absolute Gasteiger partial charge is 0.478 e. The van der Waals surface area contributed by atoms with Crippen molar-refractivity contribution in [2.75, 3.05) is 0 Å². The molecule has 0 aliphatic rings. The molecule has 88 valence electrons. The molecule has 0 bridgehead atoms. The minimum atomic E-state index is -0.976. The van der Waals surface area contributed by atoms with Crippen LogP contribution in [0.3, 0.4) is 0 Å². The summed E-state index contributed by atoms with van der Waals surface area (Å²) in [4.78, 5) is 14.8. The topological polar surface area (TPSA) is 83.6 Å². The van der Waals surface area contributed by atoms with E-state index >= 15 is 0 Å². The van der Waals surface area contributed by atoms with Crippen LogP contribution >= 0.6 is 0 Å². The second-order valence-corrected chi connectivity index (χ2v) is 3.56. The molecule has 0 fully saturated rings.